The topological polar surface area (TPSA) is 118 Å². The number of allylic oxidation sites excluding steroid dienone is 6. The van der Waals surface area contributed by atoms with E-state index in [0.29, 0.717) is 37.1 Å². The summed E-state index contributed by atoms with van der Waals surface area (Å²) in [4.78, 5) is 69.2. The van der Waals surface area contributed by atoms with E-state index >= 15 is 0 Å². The van der Waals surface area contributed by atoms with Crippen molar-refractivity contribution in [2.45, 2.75) is 18.8 Å². The SMILES string of the molecule is COc1cc(C2C3=CCC4C(=O)N(c5ccc(C(=O)c6ccccc6)cc5)C(=O)C4C3CC3=C2C(=O)C=C(Br)C3=O)cc(I)c1O. The quantitative estimate of drug-likeness (QED) is 0.108. The molecule has 230 valence electrons. The Morgan fingerprint density at radius 3 is 2.35 bits per heavy atom. The highest BCUT2D eigenvalue weighted by atomic mass is 127. The Hall–Kier alpha value is -4.16. The molecule has 8 nitrogen and oxygen atoms in total. The zero-order valence-electron chi connectivity index (χ0n) is 24.3. The normalized spacial score (nSPS) is 23.8. The molecule has 3 aliphatic carbocycles. The van der Waals surface area contributed by atoms with Crippen LogP contribution in [0, 0.1) is 21.3 Å². The zero-order valence-corrected chi connectivity index (χ0v) is 28.1. The van der Waals surface area contributed by atoms with Crippen LogP contribution in [0.15, 0.2) is 100 Å². The number of amides is 2. The predicted molar refractivity (Wildman–Crippen MR) is 181 cm³/mol. The van der Waals surface area contributed by atoms with Crippen molar-refractivity contribution in [1.29, 1.82) is 0 Å². The van der Waals surface area contributed by atoms with E-state index in [0.717, 1.165) is 5.57 Å². The molecule has 0 saturated carbocycles. The number of fused-ring (bicyclic) bond motifs is 3. The number of aromatic hydroxyl groups is 1. The number of hydrogen-bond acceptors (Lipinski definition) is 7. The summed E-state index contributed by atoms with van der Waals surface area (Å²) in [6.07, 6.45) is 3.64. The molecule has 1 fully saturated rings. The molecule has 4 aliphatic rings. The molecule has 0 spiro atoms. The van der Waals surface area contributed by atoms with Crippen molar-refractivity contribution in [3.63, 3.8) is 0 Å². The van der Waals surface area contributed by atoms with Crippen LogP contribution in [0.2, 0.25) is 0 Å². The van der Waals surface area contributed by atoms with Gasteiger partial charge in [-0.05, 0) is 99.2 Å². The van der Waals surface area contributed by atoms with E-state index in [1.54, 1.807) is 60.7 Å². The van der Waals surface area contributed by atoms with Crippen LogP contribution < -0.4 is 9.64 Å². The maximum absolute atomic E-state index is 14.2. The molecule has 1 heterocycles. The minimum atomic E-state index is -0.750. The second kappa shape index (κ2) is 11.6. The summed E-state index contributed by atoms with van der Waals surface area (Å²) < 4.78 is 6.07. The minimum Gasteiger partial charge on any atom is -0.504 e. The van der Waals surface area contributed by atoms with E-state index in [1.807, 2.05) is 34.7 Å². The zero-order chi connectivity index (χ0) is 32.4. The number of rotatable bonds is 5. The first-order valence-corrected chi connectivity index (χ1v) is 16.5. The molecule has 1 aliphatic heterocycles. The average molecular weight is 790 g/mol. The van der Waals surface area contributed by atoms with Crippen molar-refractivity contribution >= 4 is 73.4 Å². The van der Waals surface area contributed by atoms with Crippen LogP contribution in [-0.2, 0) is 19.2 Å². The molecule has 0 radical (unpaired) electrons. The number of carbonyl (C=O) groups excluding carboxylic acids is 5. The molecular weight excluding hydrogens is 765 g/mol. The first-order chi connectivity index (χ1) is 22.1. The lowest BCUT2D eigenvalue weighted by molar-refractivity contribution is -0.123. The van der Waals surface area contributed by atoms with Crippen LogP contribution in [0.4, 0.5) is 5.69 Å². The molecule has 1 saturated heterocycles. The van der Waals surface area contributed by atoms with E-state index in [1.165, 1.54) is 18.1 Å². The third-order valence-corrected chi connectivity index (χ3v) is 10.8. The summed E-state index contributed by atoms with van der Waals surface area (Å²) >= 11 is 5.24. The van der Waals surface area contributed by atoms with Gasteiger partial charge in [-0.3, -0.25) is 28.9 Å². The smallest absolute Gasteiger partial charge is 0.238 e. The Labute approximate surface area is 286 Å². The first kappa shape index (κ1) is 30.5. The van der Waals surface area contributed by atoms with Crippen LogP contribution in [0.25, 0.3) is 0 Å². The lowest BCUT2D eigenvalue weighted by Gasteiger charge is -2.42. The van der Waals surface area contributed by atoms with Gasteiger partial charge < -0.3 is 9.84 Å². The molecule has 2 amide bonds. The van der Waals surface area contributed by atoms with Gasteiger partial charge in [-0.2, -0.15) is 0 Å². The number of hydrogen-bond donors (Lipinski definition) is 1. The molecule has 3 aromatic carbocycles. The van der Waals surface area contributed by atoms with E-state index < -0.39 is 23.7 Å². The van der Waals surface area contributed by atoms with E-state index in [4.69, 9.17) is 4.74 Å². The largest absolute Gasteiger partial charge is 0.504 e. The van der Waals surface area contributed by atoms with Gasteiger partial charge in [0.25, 0.3) is 0 Å². The Morgan fingerprint density at radius 1 is 0.957 bits per heavy atom. The summed E-state index contributed by atoms with van der Waals surface area (Å²) in [5, 5.41) is 10.5. The Bertz CT molecular complexity index is 1980. The number of imide groups is 1. The summed E-state index contributed by atoms with van der Waals surface area (Å²) in [6, 6.07) is 18.7. The number of ketones is 3. The number of methoxy groups -OCH3 is 1. The third kappa shape index (κ3) is 4.72. The van der Waals surface area contributed by atoms with Gasteiger partial charge in [-0.25, -0.2) is 0 Å². The number of phenols is 1. The molecule has 0 bridgehead atoms. The molecule has 7 rings (SSSR count). The van der Waals surface area contributed by atoms with Gasteiger partial charge in [0.1, 0.15) is 0 Å². The number of benzene rings is 3. The highest BCUT2D eigenvalue weighted by Crippen LogP contribution is 2.56. The van der Waals surface area contributed by atoms with Crippen molar-refractivity contribution in [2.75, 3.05) is 12.0 Å². The van der Waals surface area contributed by atoms with Crippen molar-refractivity contribution < 1.29 is 33.8 Å². The molecule has 4 unspecified atom stereocenters. The van der Waals surface area contributed by atoms with Gasteiger partial charge in [0.2, 0.25) is 11.8 Å². The predicted octanol–water partition coefficient (Wildman–Crippen LogP) is 6.20. The van der Waals surface area contributed by atoms with Crippen LogP contribution in [0.3, 0.4) is 0 Å². The van der Waals surface area contributed by atoms with Gasteiger partial charge in [-0.15, -0.1) is 0 Å². The molecule has 0 aromatic heterocycles. The van der Waals surface area contributed by atoms with Crippen molar-refractivity contribution in [3.05, 3.63) is 120 Å². The van der Waals surface area contributed by atoms with Crippen molar-refractivity contribution in [1.82, 2.24) is 0 Å². The van der Waals surface area contributed by atoms with Gasteiger partial charge >= 0.3 is 0 Å². The van der Waals surface area contributed by atoms with Crippen LogP contribution in [0.5, 0.6) is 11.5 Å². The summed E-state index contributed by atoms with van der Waals surface area (Å²) in [7, 11) is 1.43. The second-order valence-corrected chi connectivity index (χ2v) is 13.7. The highest BCUT2D eigenvalue weighted by molar-refractivity contribution is 14.1. The molecule has 46 heavy (non-hydrogen) atoms. The molecule has 3 aromatic rings. The highest BCUT2D eigenvalue weighted by Gasteiger charge is 2.56. The van der Waals surface area contributed by atoms with Crippen molar-refractivity contribution in [3.8, 4) is 11.5 Å². The van der Waals surface area contributed by atoms with Gasteiger partial charge in [-0.1, -0.05) is 42.0 Å². The maximum Gasteiger partial charge on any atom is 0.238 e. The molecule has 4 atom stereocenters. The standard InChI is InChI=1S/C36H25BrINO7/c1-46-28-14-19(13-26(38)34(28)43)29-21-11-12-22-30(23(21)15-24-31(29)27(40)16-25(37)33(24)42)36(45)39(35(22)44)20-9-7-18(8-10-20)32(41)17-5-3-2-4-6-17/h2-11,13-14,16,22-23,29-30,43H,12,15H2,1H3. The average Bonchev–Trinajstić information content (AvgIpc) is 3.33. The molecular formula is C36H25BrINO7. The van der Waals surface area contributed by atoms with E-state index in [-0.39, 0.29) is 58.0 Å². The lowest BCUT2D eigenvalue weighted by Crippen LogP contribution is -2.39. The maximum atomic E-state index is 14.2. The van der Waals surface area contributed by atoms with E-state index in [2.05, 4.69) is 15.9 Å². The van der Waals surface area contributed by atoms with Crippen molar-refractivity contribution in [2.24, 2.45) is 17.8 Å². The number of carbonyl (C=O) groups is 5. The monoisotopic (exact) mass is 789 g/mol. The number of phenolic OH excluding ortho intramolecular Hbond substituents is 1. The van der Waals surface area contributed by atoms with Gasteiger partial charge in [0.15, 0.2) is 28.8 Å². The van der Waals surface area contributed by atoms with Gasteiger partial charge in [0, 0.05) is 34.3 Å². The van der Waals surface area contributed by atoms with E-state index in [9.17, 15) is 29.1 Å². The minimum absolute atomic E-state index is 0.0384. The molecule has 10 heteroatoms. The van der Waals surface area contributed by atoms with Crippen LogP contribution in [0.1, 0.15) is 40.2 Å². The van der Waals surface area contributed by atoms with Crippen LogP contribution >= 0.6 is 38.5 Å². The fourth-order valence-corrected chi connectivity index (χ4v) is 8.35. The number of ether oxygens (including phenoxy) is 1. The summed E-state index contributed by atoms with van der Waals surface area (Å²) in [6.45, 7) is 0. The summed E-state index contributed by atoms with van der Waals surface area (Å²) in [5.41, 5.74) is 3.43. The lowest BCUT2D eigenvalue weighted by atomic mass is 9.59. The molecule has 1 N–H and O–H groups in total. The fraction of sp³-hybridized carbons (Fsp3) is 0.194. The first-order valence-electron chi connectivity index (χ1n) is 14.6. The summed E-state index contributed by atoms with van der Waals surface area (Å²) in [5.74, 6) is -3.92. The Kier molecular flexibility index (Phi) is 7.67. The van der Waals surface area contributed by atoms with Crippen LogP contribution in [-0.4, -0.2) is 41.4 Å². The number of Topliss-reactive ketones (excluding diaryl/α,β-unsaturated/α-hetero) is 1. The van der Waals surface area contributed by atoms with Gasteiger partial charge in [0.05, 0.1) is 32.7 Å². The third-order valence-electron chi connectivity index (χ3n) is 9.36. The Morgan fingerprint density at radius 2 is 1.65 bits per heavy atom. The number of halogens is 2. The Balaban J connectivity index is 1.28. The fourth-order valence-electron chi connectivity index (χ4n) is 7.27. The number of nitrogens with zero attached hydrogens (tertiary/aromatic N) is 1. The number of anilines is 1. The second-order valence-electron chi connectivity index (χ2n) is 11.7.